The van der Waals surface area contributed by atoms with Crippen molar-refractivity contribution in [2.45, 2.75) is 25.7 Å². The molecule has 1 aromatic carbocycles. The van der Waals surface area contributed by atoms with Crippen LogP contribution in [0.5, 0.6) is 0 Å². The fraction of sp³-hybridized carbons (Fsp3) is 0.600. The van der Waals surface area contributed by atoms with Crippen LogP contribution < -0.4 is 0 Å². The molecule has 0 aliphatic carbocycles. The Kier molecular flexibility index (Phi) is 4.57. The van der Waals surface area contributed by atoms with Gasteiger partial charge in [0, 0.05) is 13.2 Å². The van der Waals surface area contributed by atoms with Crippen LogP contribution in [0.4, 0.5) is 0 Å². The molecular formula is C15H23NO. The summed E-state index contributed by atoms with van der Waals surface area (Å²) in [6.45, 7) is 6.05. The summed E-state index contributed by atoms with van der Waals surface area (Å²) in [6.07, 6.45) is 2.37. The first-order chi connectivity index (χ1) is 8.29. The lowest BCUT2D eigenvalue weighted by molar-refractivity contribution is 0.220. The van der Waals surface area contributed by atoms with E-state index in [1.165, 1.54) is 12.0 Å². The van der Waals surface area contributed by atoms with Crippen molar-refractivity contribution in [1.82, 2.24) is 4.90 Å². The monoisotopic (exact) mass is 233 g/mol. The van der Waals surface area contributed by atoms with E-state index in [4.69, 9.17) is 5.11 Å². The van der Waals surface area contributed by atoms with E-state index in [1.54, 1.807) is 0 Å². The number of aliphatic hydroxyl groups excluding tert-OH is 1. The quantitative estimate of drug-likeness (QED) is 0.844. The van der Waals surface area contributed by atoms with Crippen molar-refractivity contribution < 1.29 is 5.11 Å². The minimum atomic E-state index is 0.352. The van der Waals surface area contributed by atoms with Crippen LogP contribution in [-0.4, -0.2) is 36.2 Å². The van der Waals surface area contributed by atoms with Gasteiger partial charge in [-0.2, -0.15) is 0 Å². The minimum absolute atomic E-state index is 0.352. The molecule has 0 saturated carbocycles. The van der Waals surface area contributed by atoms with Crippen LogP contribution in [-0.2, 0) is 0 Å². The first kappa shape index (κ1) is 12.6. The number of benzene rings is 1. The summed E-state index contributed by atoms with van der Waals surface area (Å²) in [4.78, 5) is 2.49. The Balaban J connectivity index is 1.75. The van der Waals surface area contributed by atoms with Crippen molar-refractivity contribution in [3.8, 4) is 0 Å². The summed E-state index contributed by atoms with van der Waals surface area (Å²) in [6, 6.07) is 10.7. The molecule has 0 amide bonds. The van der Waals surface area contributed by atoms with E-state index in [0.717, 1.165) is 26.1 Å². The second-order valence-electron chi connectivity index (χ2n) is 5.24. The molecule has 2 nitrogen and oxygen atoms in total. The molecule has 1 heterocycles. The standard InChI is InChI=1S/C15H23NO/c1-13(15-5-3-2-4-6-15)7-9-16-10-8-14(11-16)12-17/h2-6,13-14,17H,7-12H2,1H3/t13-,14+/m0/s1. The SMILES string of the molecule is C[C@@H](CCN1CC[C@@H](CO)C1)c1ccccc1. The van der Waals surface area contributed by atoms with E-state index in [-0.39, 0.29) is 0 Å². The van der Waals surface area contributed by atoms with E-state index in [2.05, 4.69) is 42.2 Å². The zero-order valence-corrected chi connectivity index (χ0v) is 10.7. The average molecular weight is 233 g/mol. The molecule has 1 fully saturated rings. The third kappa shape index (κ3) is 3.55. The van der Waals surface area contributed by atoms with Crippen molar-refractivity contribution in [3.63, 3.8) is 0 Å². The lowest BCUT2D eigenvalue weighted by Crippen LogP contribution is -2.23. The molecule has 0 bridgehead atoms. The Hall–Kier alpha value is -0.860. The van der Waals surface area contributed by atoms with Crippen LogP contribution in [0.3, 0.4) is 0 Å². The molecule has 1 aliphatic rings. The summed E-state index contributed by atoms with van der Waals surface area (Å²) >= 11 is 0. The summed E-state index contributed by atoms with van der Waals surface area (Å²) in [5.41, 5.74) is 1.44. The van der Waals surface area contributed by atoms with Crippen LogP contribution in [0.25, 0.3) is 0 Å². The summed E-state index contributed by atoms with van der Waals surface area (Å²) in [5.74, 6) is 1.14. The second-order valence-corrected chi connectivity index (χ2v) is 5.24. The molecule has 94 valence electrons. The zero-order chi connectivity index (χ0) is 12.1. The third-order valence-corrected chi connectivity index (χ3v) is 3.88. The molecule has 0 aromatic heterocycles. The van der Waals surface area contributed by atoms with Gasteiger partial charge in [-0.05, 0) is 43.3 Å². The van der Waals surface area contributed by atoms with E-state index in [9.17, 15) is 0 Å². The van der Waals surface area contributed by atoms with Gasteiger partial charge in [0.1, 0.15) is 0 Å². The molecular weight excluding hydrogens is 210 g/mol. The first-order valence-corrected chi connectivity index (χ1v) is 6.67. The van der Waals surface area contributed by atoms with Gasteiger partial charge in [0.2, 0.25) is 0 Å². The Bertz CT molecular complexity index is 325. The highest BCUT2D eigenvalue weighted by Crippen LogP contribution is 2.21. The van der Waals surface area contributed by atoms with Crippen molar-refractivity contribution in [3.05, 3.63) is 35.9 Å². The maximum absolute atomic E-state index is 9.11. The van der Waals surface area contributed by atoms with E-state index in [0.29, 0.717) is 18.4 Å². The highest BCUT2D eigenvalue weighted by molar-refractivity contribution is 5.18. The molecule has 2 rings (SSSR count). The highest BCUT2D eigenvalue weighted by Gasteiger charge is 2.21. The van der Waals surface area contributed by atoms with Gasteiger partial charge in [0.25, 0.3) is 0 Å². The largest absolute Gasteiger partial charge is 0.396 e. The van der Waals surface area contributed by atoms with Crippen LogP contribution in [0.2, 0.25) is 0 Å². The van der Waals surface area contributed by atoms with Crippen molar-refractivity contribution in [2.24, 2.45) is 5.92 Å². The summed E-state index contributed by atoms with van der Waals surface area (Å²) < 4.78 is 0. The lowest BCUT2D eigenvalue weighted by atomic mass is 9.98. The van der Waals surface area contributed by atoms with Crippen LogP contribution in [0, 0.1) is 5.92 Å². The maximum atomic E-state index is 9.11. The van der Waals surface area contributed by atoms with Crippen molar-refractivity contribution in [1.29, 1.82) is 0 Å². The molecule has 0 radical (unpaired) electrons. The van der Waals surface area contributed by atoms with Crippen molar-refractivity contribution >= 4 is 0 Å². The Morgan fingerprint density at radius 1 is 1.35 bits per heavy atom. The number of nitrogens with zero attached hydrogens (tertiary/aromatic N) is 1. The average Bonchev–Trinajstić information content (AvgIpc) is 2.85. The molecule has 1 aliphatic heterocycles. The predicted octanol–water partition coefficient (Wildman–Crippen LogP) is 2.49. The van der Waals surface area contributed by atoms with Gasteiger partial charge in [-0.15, -0.1) is 0 Å². The highest BCUT2D eigenvalue weighted by atomic mass is 16.3. The molecule has 1 saturated heterocycles. The molecule has 1 aromatic rings. The first-order valence-electron chi connectivity index (χ1n) is 6.67. The van der Waals surface area contributed by atoms with Gasteiger partial charge in [0.15, 0.2) is 0 Å². The normalized spacial score (nSPS) is 22.8. The summed E-state index contributed by atoms with van der Waals surface area (Å²) in [5, 5.41) is 9.11. The molecule has 2 heteroatoms. The number of rotatable bonds is 5. The van der Waals surface area contributed by atoms with E-state index in [1.807, 2.05) is 0 Å². The molecule has 0 spiro atoms. The van der Waals surface area contributed by atoms with Crippen LogP contribution in [0.15, 0.2) is 30.3 Å². The fourth-order valence-electron chi connectivity index (χ4n) is 2.59. The lowest BCUT2D eigenvalue weighted by Gasteiger charge is -2.19. The molecule has 17 heavy (non-hydrogen) atoms. The Morgan fingerprint density at radius 3 is 2.76 bits per heavy atom. The molecule has 1 N–H and O–H groups in total. The van der Waals surface area contributed by atoms with Gasteiger partial charge in [-0.1, -0.05) is 37.3 Å². The maximum Gasteiger partial charge on any atom is 0.0471 e. The number of aliphatic hydroxyl groups is 1. The van der Waals surface area contributed by atoms with Gasteiger partial charge >= 0.3 is 0 Å². The second kappa shape index (κ2) is 6.18. The van der Waals surface area contributed by atoms with Gasteiger partial charge < -0.3 is 10.0 Å². The van der Waals surface area contributed by atoms with Gasteiger partial charge in [-0.3, -0.25) is 0 Å². The number of likely N-dealkylation sites (tertiary alicyclic amines) is 1. The van der Waals surface area contributed by atoms with Gasteiger partial charge in [0.05, 0.1) is 0 Å². The van der Waals surface area contributed by atoms with E-state index >= 15 is 0 Å². The van der Waals surface area contributed by atoms with Crippen LogP contribution >= 0.6 is 0 Å². The Labute approximate surface area is 104 Å². The topological polar surface area (TPSA) is 23.5 Å². The molecule has 2 atom stereocenters. The predicted molar refractivity (Wildman–Crippen MR) is 71.1 cm³/mol. The third-order valence-electron chi connectivity index (χ3n) is 3.88. The van der Waals surface area contributed by atoms with Crippen LogP contribution in [0.1, 0.15) is 31.2 Å². The Morgan fingerprint density at radius 2 is 2.12 bits per heavy atom. The zero-order valence-electron chi connectivity index (χ0n) is 10.7. The van der Waals surface area contributed by atoms with Gasteiger partial charge in [-0.25, -0.2) is 0 Å². The number of hydrogen-bond donors (Lipinski definition) is 1. The number of hydrogen-bond acceptors (Lipinski definition) is 2. The van der Waals surface area contributed by atoms with E-state index < -0.39 is 0 Å². The summed E-state index contributed by atoms with van der Waals surface area (Å²) in [7, 11) is 0. The van der Waals surface area contributed by atoms with Crippen molar-refractivity contribution in [2.75, 3.05) is 26.2 Å². The fourth-order valence-corrected chi connectivity index (χ4v) is 2.59. The minimum Gasteiger partial charge on any atom is -0.396 e. The smallest absolute Gasteiger partial charge is 0.0471 e. The molecule has 0 unspecified atom stereocenters.